The minimum atomic E-state index is -0.360. The van der Waals surface area contributed by atoms with Gasteiger partial charge in [-0.3, -0.25) is 0 Å². The molecule has 2 N–H and O–H groups in total. The van der Waals surface area contributed by atoms with E-state index in [-0.39, 0.29) is 5.97 Å². The highest BCUT2D eigenvalue weighted by molar-refractivity contribution is 5.89. The van der Waals surface area contributed by atoms with Crippen molar-refractivity contribution in [2.45, 2.75) is 6.92 Å². The Kier molecular flexibility index (Phi) is 3.88. The monoisotopic (exact) mass is 191 g/mol. The van der Waals surface area contributed by atoms with Crippen LogP contribution in [0.25, 0.3) is 0 Å². The molecule has 0 aromatic heterocycles. The number of carbonyl (C=O) groups excluding carboxylic acids is 1. The van der Waals surface area contributed by atoms with Gasteiger partial charge in [-0.1, -0.05) is 24.3 Å². The van der Waals surface area contributed by atoms with E-state index < -0.39 is 0 Å². The fraction of sp³-hybridized carbons (Fsp3) is 0.182. The Morgan fingerprint density at radius 3 is 2.64 bits per heavy atom. The number of hydrogen-bond acceptors (Lipinski definition) is 3. The summed E-state index contributed by atoms with van der Waals surface area (Å²) in [6, 6.07) is 8.94. The van der Waals surface area contributed by atoms with E-state index in [1.165, 1.54) is 0 Å². The highest BCUT2D eigenvalue weighted by Gasteiger charge is 2.05. The third kappa shape index (κ3) is 3.03. The zero-order valence-electron chi connectivity index (χ0n) is 8.07. The second-order valence-electron chi connectivity index (χ2n) is 2.83. The fourth-order valence-corrected chi connectivity index (χ4v) is 0.936. The van der Waals surface area contributed by atoms with Crippen molar-refractivity contribution in [3.63, 3.8) is 0 Å². The molecule has 0 amide bonds. The summed E-state index contributed by atoms with van der Waals surface area (Å²) in [7, 11) is 0. The quantitative estimate of drug-likeness (QED) is 0.447. The van der Waals surface area contributed by atoms with Crippen molar-refractivity contribution in [1.82, 2.24) is 0 Å². The molecule has 74 valence electrons. The fourth-order valence-electron chi connectivity index (χ4n) is 0.936. The maximum atomic E-state index is 11.4. The third-order valence-electron chi connectivity index (χ3n) is 1.70. The average Bonchev–Trinajstić information content (AvgIpc) is 2.19. The van der Waals surface area contributed by atoms with Crippen LogP contribution in [0.2, 0.25) is 0 Å². The highest BCUT2D eigenvalue weighted by Crippen LogP contribution is 2.10. The Labute approximate surface area is 83.2 Å². The van der Waals surface area contributed by atoms with Gasteiger partial charge in [0.1, 0.15) is 5.75 Å². The van der Waals surface area contributed by atoms with Gasteiger partial charge in [0, 0.05) is 12.1 Å². The number of benzene rings is 1. The van der Waals surface area contributed by atoms with Crippen LogP contribution in [0, 0.1) is 0 Å². The number of esters is 1. The summed E-state index contributed by atoms with van der Waals surface area (Å²) in [5.41, 5.74) is 5.80. The Morgan fingerprint density at radius 1 is 1.43 bits per heavy atom. The van der Waals surface area contributed by atoms with Crippen LogP contribution < -0.4 is 10.5 Å². The normalized spacial score (nSPS) is 11.1. The van der Waals surface area contributed by atoms with E-state index in [9.17, 15) is 4.79 Å². The molecule has 3 nitrogen and oxygen atoms in total. The van der Waals surface area contributed by atoms with Gasteiger partial charge >= 0.3 is 5.97 Å². The molecule has 0 aliphatic heterocycles. The molecule has 0 spiro atoms. The zero-order valence-corrected chi connectivity index (χ0v) is 8.07. The van der Waals surface area contributed by atoms with Crippen LogP contribution in [0.4, 0.5) is 0 Å². The number of carbonyl (C=O) groups is 1. The predicted octanol–water partition coefficient (Wildman–Crippen LogP) is 1.50. The van der Waals surface area contributed by atoms with E-state index in [1.54, 1.807) is 25.1 Å². The molecule has 0 heterocycles. The van der Waals surface area contributed by atoms with Crippen LogP contribution in [-0.4, -0.2) is 12.5 Å². The molecule has 3 heteroatoms. The number of nitrogens with two attached hydrogens (primary N) is 1. The molecule has 1 aromatic carbocycles. The first-order chi connectivity index (χ1) is 6.74. The lowest BCUT2D eigenvalue weighted by atomic mass is 10.3. The summed E-state index contributed by atoms with van der Waals surface area (Å²) in [5, 5.41) is 0. The van der Waals surface area contributed by atoms with E-state index in [4.69, 9.17) is 10.5 Å². The van der Waals surface area contributed by atoms with Gasteiger partial charge in [0.25, 0.3) is 0 Å². The van der Waals surface area contributed by atoms with Crippen LogP contribution in [0.15, 0.2) is 42.0 Å². The summed E-state index contributed by atoms with van der Waals surface area (Å²) < 4.78 is 5.07. The van der Waals surface area contributed by atoms with Gasteiger partial charge in [0.05, 0.1) is 0 Å². The minimum absolute atomic E-state index is 0.343. The lowest BCUT2D eigenvalue weighted by Gasteiger charge is -2.03. The zero-order chi connectivity index (χ0) is 10.4. The number of hydrogen-bond donors (Lipinski definition) is 1. The average molecular weight is 191 g/mol. The molecule has 1 rings (SSSR count). The minimum Gasteiger partial charge on any atom is -0.423 e. The van der Waals surface area contributed by atoms with Crippen molar-refractivity contribution in [1.29, 1.82) is 0 Å². The number of rotatable bonds is 3. The SMILES string of the molecule is CC(=CCN)C(=O)Oc1ccccc1. The van der Waals surface area contributed by atoms with E-state index in [0.717, 1.165) is 0 Å². The largest absolute Gasteiger partial charge is 0.423 e. The predicted molar refractivity (Wildman–Crippen MR) is 54.9 cm³/mol. The Bertz CT molecular complexity index is 330. The molecular formula is C11H13NO2. The molecule has 0 radical (unpaired) electrons. The van der Waals surface area contributed by atoms with Gasteiger partial charge in [-0.15, -0.1) is 0 Å². The number of para-hydroxylation sites is 1. The van der Waals surface area contributed by atoms with E-state index >= 15 is 0 Å². The molecule has 0 fully saturated rings. The van der Waals surface area contributed by atoms with Gasteiger partial charge in [-0.05, 0) is 19.1 Å². The second kappa shape index (κ2) is 5.19. The smallest absolute Gasteiger partial charge is 0.338 e. The lowest BCUT2D eigenvalue weighted by Crippen LogP contribution is -2.10. The molecule has 0 atom stereocenters. The summed E-state index contributed by atoms with van der Waals surface area (Å²) in [6.45, 7) is 2.02. The van der Waals surface area contributed by atoms with Gasteiger partial charge < -0.3 is 10.5 Å². The van der Waals surface area contributed by atoms with Gasteiger partial charge in [-0.2, -0.15) is 0 Å². The van der Waals surface area contributed by atoms with Crippen molar-refractivity contribution in [3.05, 3.63) is 42.0 Å². The summed E-state index contributed by atoms with van der Waals surface area (Å²) in [6.07, 6.45) is 1.63. The first kappa shape index (κ1) is 10.5. The Morgan fingerprint density at radius 2 is 2.07 bits per heavy atom. The molecule has 0 aliphatic carbocycles. The summed E-state index contributed by atoms with van der Waals surface area (Å²) in [5.74, 6) is 0.184. The van der Waals surface area contributed by atoms with Crippen LogP contribution in [0.3, 0.4) is 0 Å². The van der Waals surface area contributed by atoms with Gasteiger partial charge in [0.2, 0.25) is 0 Å². The van der Waals surface area contributed by atoms with Crippen molar-refractivity contribution in [2.75, 3.05) is 6.54 Å². The summed E-state index contributed by atoms with van der Waals surface area (Å²) >= 11 is 0. The van der Waals surface area contributed by atoms with Crippen LogP contribution in [-0.2, 0) is 4.79 Å². The van der Waals surface area contributed by atoms with Gasteiger partial charge in [-0.25, -0.2) is 4.79 Å². The number of ether oxygens (including phenoxy) is 1. The van der Waals surface area contributed by atoms with Crippen molar-refractivity contribution < 1.29 is 9.53 Å². The summed E-state index contributed by atoms with van der Waals surface area (Å²) in [4.78, 5) is 11.4. The molecular weight excluding hydrogens is 178 g/mol. The maximum absolute atomic E-state index is 11.4. The maximum Gasteiger partial charge on any atom is 0.338 e. The van der Waals surface area contributed by atoms with Gasteiger partial charge in [0.15, 0.2) is 0 Å². The standard InChI is InChI=1S/C11H13NO2/c1-9(7-8-12)11(13)14-10-5-3-2-4-6-10/h2-7H,8,12H2,1H3. The first-order valence-corrected chi connectivity index (χ1v) is 4.38. The lowest BCUT2D eigenvalue weighted by molar-refractivity contribution is -0.130. The van der Waals surface area contributed by atoms with E-state index in [1.807, 2.05) is 18.2 Å². The second-order valence-corrected chi connectivity index (χ2v) is 2.83. The Hall–Kier alpha value is -1.61. The van der Waals surface area contributed by atoms with Crippen molar-refractivity contribution in [3.8, 4) is 5.75 Å². The molecule has 0 saturated carbocycles. The molecule has 1 aromatic rings. The first-order valence-electron chi connectivity index (χ1n) is 4.38. The van der Waals surface area contributed by atoms with Crippen LogP contribution in [0.1, 0.15) is 6.92 Å². The van der Waals surface area contributed by atoms with Crippen LogP contribution >= 0.6 is 0 Å². The van der Waals surface area contributed by atoms with Crippen molar-refractivity contribution in [2.24, 2.45) is 5.73 Å². The Balaban J connectivity index is 2.62. The highest BCUT2D eigenvalue weighted by atomic mass is 16.5. The van der Waals surface area contributed by atoms with E-state index in [0.29, 0.717) is 17.9 Å². The van der Waals surface area contributed by atoms with Crippen LogP contribution in [0.5, 0.6) is 5.75 Å². The van der Waals surface area contributed by atoms with E-state index in [2.05, 4.69) is 0 Å². The molecule has 0 saturated heterocycles. The van der Waals surface area contributed by atoms with Crippen molar-refractivity contribution >= 4 is 5.97 Å². The third-order valence-corrected chi connectivity index (χ3v) is 1.70. The molecule has 0 bridgehead atoms. The topological polar surface area (TPSA) is 52.3 Å². The molecule has 14 heavy (non-hydrogen) atoms. The molecule has 0 aliphatic rings. The molecule has 0 unspecified atom stereocenters.